The average Bonchev–Trinajstić information content (AvgIpc) is 2.94. The van der Waals surface area contributed by atoms with E-state index in [9.17, 15) is 4.79 Å². The van der Waals surface area contributed by atoms with Gasteiger partial charge in [-0.2, -0.15) is 0 Å². The number of nitrogens with two attached hydrogens (primary N) is 1. The Labute approximate surface area is 108 Å². The number of dihydropyridines is 1. The Morgan fingerprint density at radius 1 is 1.37 bits per heavy atom. The molecule has 1 aliphatic heterocycles. The number of rotatable bonds is 2. The van der Waals surface area contributed by atoms with Gasteiger partial charge in [-0.1, -0.05) is 6.08 Å². The highest BCUT2D eigenvalue weighted by molar-refractivity contribution is 6.17. The molecule has 2 N–H and O–H groups in total. The minimum Gasteiger partial charge on any atom is -0.463 e. The highest BCUT2D eigenvalue weighted by Crippen LogP contribution is 2.28. The number of nitrogen functional groups attached to an aromatic ring is 1. The maximum atomic E-state index is 11.1. The van der Waals surface area contributed by atoms with Crippen LogP contribution in [0, 0.1) is 0 Å². The molecule has 6 heteroatoms. The molecule has 2 aromatic heterocycles. The van der Waals surface area contributed by atoms with Crippen molar-refractivity contribution in [3.63, 3.8) is 0 Å². The zero-order chi connectivity index (χ0) is 13.2. The highest BCUT2D eigenvalue weighted by atomic mass is 16.3. The van der Waals surface area contributed by atoms with Gasteiger partial charge in [0.05, 0.1) is 6.26 Å². The maximum Gasteiger partial charge on any atom is 0.249 e. The molecule has 3 rings (SSSR count). The molecule has 0 unspecified atom stereocenters. The summed E-state index contributed by atoms with van der Waals surface area (Å²) >= 11 is 0. The lowest BCUT2D eigenvalue weighted by atomic mass is 10.0. The fraction of sp³-hybridized carbons (Fsp3) is 0.0769. The van der Waals surface area contributed by atoms with Crippen LogP contribution in [-0.4, -0.2) is 22.1 Å². The molecular weight excluding hydrogens is 244 g/mol. The number of aliphatic imine (C=N–C) groups is 1. The predicted molar refractivity (Wildman–Crippen MR) is 70.2 cm³/mol. The first-order valence-electron chi connectivity index (χ1n) is 5.68. The summed E-state index contributed by atoms with van der Waals surface area (Å²) in [6.45, 7) is 0. The van der Waals surface area contributed by atoms with Crippen LogP contribution in [0.15, 0.2) is 40.1 Å². The normalized spacial score (nSPS) is 14.5. The molecule has 0 radical (unpaired) electrons. The number of carbonyl (C=O) groups is 1. The van der Waals surface area contributed by atoms with Gasteiger partial charge in [-0.05, 0) is 12.1 Å². The summed E-state index contributed by atoms with van der Waals surface area (Å²) in [6.07, 6.45) is 6.73. The predicted octanol–water partition coefficient (Wildman–Crippen LogP) is 1.70. The largest absolute Gasteiger partial charge is 0.463 e. The minimum absolute atomic E-state index is 0.166. The number of allylic oxidation sites excluding steroid dienone is 1. The minimum atomic E-state index is -0.167. The number of hydrogen-bond donors (Lipinski definition) is 1. The lowest BCUT2D eigenvalue weighted by Crippen LogP contribution is -2.04. The Morgan fingerprint density at radius 3 is 2.95 bits per heavy atom. The molecule has 1 aliphatic rings. The molecule has 19 heavy (non-hydrogen) atoms. The van der Waals surface area contributed by atoms with E-state index in [1.54, 1.807) is 30.7 Å². The van der Waals surface area contributed by atoms with Crippen LogP contribution in [0.5, 0.6) is 0 Å². The van der Waals surface area contributed by atoms with Crippen molar-refractivity contribution in [2.24, 2.45) is 4.99 Å². The van der Waals surface area contributed by atoms with Gasteiger partial charge in [0.2, 0.25) is 11.9 Å². The summed E-state index contributed by atoms with van der Waals surface area (Å²) in [5.74, 6) is 0.592. The third-order valence-electron chi connectivity index (χ3n) is 2.72. The first-order chi connectivity index (χ1) is 9.24. The Balaban J connectivity index is 2.12. The summed E-state index contributed by atoms with van der Waals surface area (Å²) in [7, 11) is 0. The highest BCUT2D eigenvalue weighted by Gasteiger charge is 2.16. The van der Waals surface area contributed by atoms with E-state index in [0.29, 0.717) is 11.5 Å². The van der Waals surface area contributed by atoms with Crippen molar-refractivity contribution in [2.75, 3.05) is 5.73 Å². The summed E-state index contributed by atoms with van der Waals surface area (Å²) in [5.41, 5.74) is 7.72. The molecular formula is C13H10N4O2. The van der Waals surface area contributed by atoms with Crippen LogP contribution in [0.2, 0.25) is 0 Å². The fourth-order valence-corrected chi connectivity index (χ4v) is 1.83. The summed E-state index contributed by atoms with van der Waals surface area (Å²) < 4.78 is 5.34. The van der Waals surface area contributed by atoms with Crippen LogP contribution in [0.1, 0.15) is 12.0 Å². The van der Waals surface area contributed by atoms with Crippen LogP contribution in [0.4, 0.5) is 5.95 Å². The number of aromatic nitrogens is 2. The lowest BCUT2D eigenvalue weighted by Gasteiger charge is -2.09. The number of furan rings is 1. The van der Waals surface area contributed by atoms with Gasteiger partial charge >= 0.3 is 0 Å². The fourth-order valence-electron chi connectivity index (χ4n) is 1.83. The van der Waals surface area contributed by atoms with E-state index in [2.05, 4.69) is 15.0 Å². The van der Waals surface area contributed by atoms with Gasteiger partial charge in [-0.3, -0.25) is 4.79 Å². The van der Waals surface area contributed by atoms with E-state index in [0.717, 1.165) is 11.1 Å². The molecule has 0 aliphatic carbocycles. The Bertz CT molecular complexity index is 687. The van der Waals surface area contributed by atoms with E-state index in [1.165, 1.54) is 6.21 Å². The second-order valence-electron chi connectivity index (χ2n) is 3.98. The SMILES string of the molecule is Nc1ncc(C2=CCC(=O)N=C2)c(-c2ccco2)n1. The molecule has 0 aromatic carbocycles. The third-order valence-corrected chi connectivity index (χ3v) is 2.72. The first-order valence-corrected chi connectivity index (χ1v) is 5.68. The Hall–Kier alpha value is -2.76. The topological polar surface area (TPSA) is 94.4 Å². The number of carbonyl (C=O) groups excluding carboxylic acids is 1. The zero-order valence-electron chi connectivity index (χ0n) is 9.91. The van der Waals surface area contributed by atoms with E-state index in [-0.39, 0.29) is 18.3 Å². The van der Waals surface area contributed by atoms with Gasteiger partial charge in [0, 0.05) is 30.0 Å². The van der Waals surface area contributed by atoms with Gasteiger partial charge in [0.15, 0.2) is 5.76 Å². The molecule has 0 saturated carbocycles. The van der Waals surface area contributed by atoms with Crippen LogP contribution in [0.3, 0.4) is 0 Å². The van der Waals surface area contributed by atoms with Gasteiger partial charge in [-0.15, -0.1) is 0 Å². The standard InChI is InChI=1S/C13H10N4O2/c14-13-16-7-9(8-3-4-11(18)15-6-8)12(17-13)10-2-1-5-19-10/h1-3,5-7H,4H2,(H2,14,16,17). The summed E-state index contributed by atoms with van der Waals surface area (Å²) in [5, 5.41) is 0. The second-order valence-corrected chi connectivity index (χ2v) is 3.98. The average molecular weight is 254 g/mol. The van der Waals surface area contributed by atoms with Crippen molar-refractivity contribution < 1.29 is 9.21 Å². The summed E-state index contributed by atoms with van der Waals surface area (Å²) in [6, 6.07) is 3.56. The van der Waals surface area contributed by atoms with E-state index in [4.69, 9.17) is 10.2 Å². The van der Waals surface area contributed by atoms with Gasteiger partial charge < -0.3 is 10.2 Å². The second kappa shape index (κ2) is 4.49. The molecule has 1 amide bonds. The van der Waals surface area contributed by atoms with Crippen LogP contribution in [0.25, 0.3) is 17.0 Å². The number of hydrogen-bond acceptors (Lipinski definition) is 5. The molecule has 0 fully saturated rings. The van der Waals surface area contributed by atoms with E-state index in [1.807, 2.05) is 0 Å². The van der Waals surface area contributed by atoms with E-state index >= 15 is 0 Å². The van der Waals surface area contributed by atoms with E-state index < -0.39 is 0 Å². The smallest absolute Gasteiger partial charge is 0.249 e. The lowest BCUT2D eigenvalue weighted by molar-refractivity contribution is -0.117. The van der Waals surface area contributed by atoms with Crippen molar-refractivity contribution in [3.05, 3.63) is 36.2 Å². The third kappa shape index (κ3) is 2.15. The number of nitrogens with zero attached hydrogens (tertiary/aromatic N) is 3. The quantitative estimate of drug-likeness (QED) is 0.880. The zero-order valence-corrected chi connectivity index (χ0v) is 9.91. The van der Waals surface area contributed by atoms with Crippen molar-refractivity contribution in [1.29, 1.82) is 0 Å². The van der Waals surface area contributed by atoms with Crippen molar-refractivity contribution in [1.82, 2.24) is 9.97 Å². The molecule has 3 heterocycles. The van der Waals surface area contributed by atoms with Gasteiger partial charge in [-0.25, -0.2) is 15.0 Å². The monoisotopic (exact) mass is 254 g/mol. The maximum absolute atomic E-state index is 11.1. The molecule has 6 nitrogen and oxygen atoms in total. The molecule has 0 atom stereocenters. The van der Waals surface area contributed by atoms with Crippen LogP contribution < -0.4 is 5.73 Å². The van der Waals surface area contributed by atoms with Crippen LogP contribution >= 0.6 is 0 Å². The molecule has 94 valence electrons. The first kappa shape index (κ1) is 11.3. The van der Waals surface area contributed by atoms with Crippen LogP contribution in [-0.2, 0) is 4.79 Å². The summed E-state index contributed by atoms with van der Waals surface area (Å²) in [4.78, 5) is 23.1. The molecule has 0 saturated heterocycles. The molecule has 0 bridgehead atoms. The van der Waals surface area contributed by atoms with Crippen molar-refractivity contribution in [3.8, 4) is 11.5 Å². The number of amides is 1. The van der Waals surface area contributed by atoms with Crippen molar-refractivity contribution >= 4 is 23.6 Å². The van der Waals surface area contributed by atoms with Crippen molar-refractivity contribution in [2.45, 2.75) is 6.42 Å². The Kier molecular flexibility index (Phi) is 2.68. The van der Waals surface area contributed by atoms with Gasteiger partial charge in [0.1, 0.15) is 5.69 Å². The molecule has 2 aromatic rings. The Morgan fingerprint density at radius 2 is 2.26 bits per heavy atom. The van der Waals surface area contributed by atoms with Gasteiger partial charge in [0.25, 0.3) is 0 Å². The number of anilines is 1. The molecule has 0 spiro atoms.